The molecule has 0 aromatic rings. The first-order valence-electron chi connectivity index (χ1n) is 6.27. The molecular weight excluding hydrogens is 236 g/mol. The summed E-state index contributed by atoms with van der Waals surface area (Å²) in [7, 11) is 0. The van der Waals surface area contributed by atoms with Crippen LogP contribution in [-0.2, 0) is 14.4 Å². The van der Waals surface area contributed by atoms with Crippen LogP contribution >= 0.6 is 0 Å². The Morgan fingerprint density at radius 2 is 2.11 bits per heavy atom. The number of carboxylic acids is 1. The zero-order chi connectivity index (χ0) is 13.3. The molecule has 2 aliphatic rings. The van der Waals surface area contributed by atoms with Crippen molar-refractivity contribution in [1.82, 2.24) is 9.80 Å². The first-order chi connectivity index (χ1) is 8.49. The number of hydrogen-bond acceptors (Lipinski definition) is 3. The van der Waals surface area contributed by atoms with E-state index in [1.54, 1.807) is 16.7 Å². The molecule has 2 amide bonds. The van der Waals surface area contributed by atoms with E-state index in [2.05, 4.69) is 0 Å². The number of carbonyl (C=O) groups is 3. The third-order valence-corrected chi connectivity index (χ3v) is 3.86. The second kappa shape index (κ2) is 4.96. The van der Waals surface area contributed by atoms with Crippen LogP contribution in [0, 0.1) is 11.8 Å². The predicted molar refractivity (Wildman–Crippen MR) is 62.7 cm³/mol. The van der Waals surface area contributed by atoms with Gasteiger partial charge in [0.2, 0.25) is 11.8 Å². The number of carbonyl (C=O) groups excluding carboxylic acids is 2. The van der Waals surface area contributed by atoms with Crippen molar-refractivity contribution in [3.05, 3.63) is 0 Å². The summed E-state index contributed by atoms with van der Waals surface area (Å²) >= 11 is 0. The molecule has 2 heterocycles. The first-order valence-corrected chi connectivity index (χ1v) is 6.27. The topological polar surface area (TPSA) is 77.9 Å². The van der Waals surface area contributed by atoms with Crippen molar-refractivity contribution in [2.45, 2.75) is 19.8 Å². The molecule has 0 aromatic carbocycles. The smallest absolute Gasteiger partial charge is 0.306 e. The second-order valence-electron chi connectivity index (χ2n) is 5.10. The highest BCUT2D eigenvalue weighted by Gasteiger charge is 2.38. The third kappa shape index (κ3) is 2.47. The molecular formula is C12H18N2O4. The van der Waals surface area contributed by atoms with Crippen LogP contribution in [0.5, 0.6) is 0 Å². The van der Waals surface area contributed by atoms with Gasteiger partial charge < -0.3 is 14.9 Å². The largest absolute Gasteiger partial charge is 0.481 e. The summed E-state index contributed by atoms with van der Waals surface area (Å²) in [6.45, 7) is 3.46. The highest BCUT2D eigenvalue weighted by molar-refractivity contribution is 5.86. The van der Waals surface area contributed by atoms with Gasteiger partial charge in [-0.2, -0.15) is 0 Å². The van der Waals surface area contributed by atoms with E-state index in [0.29, 0.717) is 26.1 Å². The lowest BCUT2D eigenvalue weighted by Gasteiger charge is -2.41. The fourth-order valence-electron chi connectivity index (χ4n) is 2.37. The summed E-state index contributed by atoms with van der Waals surface area (Å²) in [5, 5.41) is 8.85. The normalized spacial score (nSPS) is 21.9. The van der Waals surface area contributed by atoms with Gasteiger partial charge in [0.15, 0.2) is 0 Å². The Kier molecular flexibility index (Phi) is 3.54. The second-order valence-corrected chi connectivity index (χ2v) is 5.10. The first kappa shape index (κ1) is 12.9. The molecule has 0 saturated carbocycles. The van der Waals surface area contributed by atoms with Crippen molar-refractivity contribution in [3.63, 3.8) is 0 Å². The van der Waals surface area contributed by atoms with E-state index in [1.165, 1.54) is 0 Å². The summed E-state index contributed by atoms with van der Waals surface area (Å²) in [6, 6.07) is 0. The average molecular weight is 254 g/mol. The maximum Gasteiger partial charge on any atom is 0.306 e. The van der Waals surface area contributed by atoms with Crippen LogP contribution in [0.1, 0.15) is 19.8 Å². The van der Waals surface area contributed by atoms with E-state index in [1.807, 2.05) is 0 Å². The van der Waals surface area contributed by atoms with Gasteiger partial charge >= 0.3 is 5.97 Å². The Morgan fingerprint density at radius 3 is 2.61 bits per heavy atom. The van der Waals surface area contributed by atoms with Crippen molar-refractivity contribution in [2.75, 3.05) is 26.2 Å². The molecule has 2 fully saturated rings. The maximum atomic E-state index is 11.8. The Labute approximate surface area is 106 Å². The Balaban J connectivity index is 1.76. The third-order valence-electron chi connectivity index (χ3n) is 3.86. The molecule has 1 N–H and O–H groups in total. The minimum Gasteiger partial charge on any atom is -0.481 e. The molecule has 1 unspecified atom stereocenters. The van der Waals surface area contributed by atoms with Crippen LogP contribution < -0.4 is 0 Å². The van der Waals surface area contributed by atoms with E-state index in [-0.39, 0.29) is 24.3 Å². The van der Waals surface area contributed by atoms with E-state index in [4.69, 9.17) is 5.11 Å². The molecule has 1 atom stereocenters. The number of likely N-dealkylation sites (tertiary alicyclic amines) is 2. The molecule has 100 valence electrons. The van der Waals surface area contributed by atoms with Crippen molar-refractivity contribution >= 4 is 17.8 Å². The zero-order valence-corrected chi connectivity index (χ0v) is 10.5. The van der Waals surface area contributed by atoms with E-state index >= 15 is 0 Å². The van der Waals surface area contributed by atoms with Gasteiger partial charge in [0.25, 0.3) is 0 Å². The standard InChI is InChI=1S/C12H18N2O4/c1-8(12(17)18)9-5-14(6-9)11(16)7-13-4-2-3-10(13)15/h8-9H,2-7H2,1H3,(H,17,18). The predicted octanol–water partition coefficient (Wildman–Crippen LogP) is -0.212. The molecule has 2 saturated heterocycles. The van der Waals surface area contributed by atoms with Crippen LogP contribution in [-0.4, -0.2) is 58.9 Å². The number of aliphatic carboxylic acids is 1. The zero-order valence-electron chi connectivity index (χ0n) is 10.5. The van der Waals surface area contributed by atoms with Crippen LogP contribution in [0.25, 0.3) is 0 Å². The quantitative estimate of drug-likeness (QED) is 0.753. The molecule has 0 radical (unpaired) electrons. The number of hydrogen-bond donors (Lipinski definition) is 1. The Morgan fingerprint density at radius 1 is 1.44 bits per heavy atom. The Hall–Kier alpha value is -1.59. The number of rotatable bonds is 4. The van der Waals surface area contributed by atoms with Crippen LogP contribution in [0.15, 0.2) is 0 Å². The van der Waals surface area contributed by atoms with Gasteiger partial charge in [-0.15, -0.1) is 0 Å². The molecule has 2 rings (SSSR count). The van der Waals surface area contributed by atoms with E-state index in [9.17, 15) is 14.4 Å². The molecule has 0 spiro atoms. The summed E-state index contributed by atoms with van der Waals surface area (Å²) < 4.78 is 0. The molecule has 6 heteroatoms. The summed E-state index contributed by atoms with van der Waals surface area (Å²) in [5.41, 5.74) is 0. The number of amides is 2. The van der Waals surface area contributed by atoms with Crippen molar-refractivity contribution < 1.29 is 19.5 Å². The van der Waals surface area contributed by atoms with Gasteiger partial charge in [-0.05, 0) is 6.42 Å². The van der Waals surface area contributed by atoms with Crippen molar-refractivity contribution in [2.24, 2.45) is 11.8 Å². The lowest BCUT2D eigenvalue weighted by Crippen LogP contribution is -2.55. The van der Waals surface area contributed by atoms with Crippen LogP contribution in [0.3, 0.4) is 0 Å². The number of nitrogens with zero attached hydrogens (tertiary/aromatic N) is 2. The van der Waals surface area contributed by atoms with Crippen LogP contribution in [0.4, 0.5) is 0 Å². The Bertz CT molecular complexity index is 376. The fourth-order valence-corrected chi connectivity index (χ4v) is 2.37. The lowest BCUT2D eigenvalue weighted by atomic mass is 9.87. The minimum absolute atomic E-state index is 0.0410. The highest BCUT2D eigenvalue weighted by Crippen LogP contribution is 2.24. The summed E-state index contributed by atoms with van der Waals surface area (Å²) in [5.74, 6) is -1.22. The highest BCUT2D eigenvalue weighted by atomic mass is 16.4. The molecule has 2 aliphatic heterocycles. The van der Waals surface area contributed by atoms with Gasteiger partial charge in [0.1, 0.15) is 0 Å². The van der Waals surface area contributed by atoms with Crippen LogP contribution in [0.2, 0.25) is 0 Å². The number of carboxylic acid groups (broad SMARTS) is 1. The summed E-state index contributed by atoms with van der Waals surface area (Å²) in [6.07, 6.45) is 1.36. The van der Waals surface area contributed by atoms with Gasteiger partial charge in [-0.1, -0.05) is 6.92 Å². The molecule has 0 bridgehead atoms. The van der Waals surface area contributed by atoms with Gasteiger partial charge in [0, 0.05) is 32.0 Å². The monoisotopic (exact) mass is 254 g/mol. The van der Waals surface area contributed by atoms with Crippen molar-refractivity contribution in [3.8, 4) is 0 Å². The molecule has 18 heavy (non-hydrogen) atoms. The lowest BCUT2D eigenvalue weighted by molar-refractivity contribution is -0.151. The van der Waals surface area contributed by atoms with E-state index in [0.717, 1.165) is 6.42 Å². The molecule has 6 nitrogen and oxygen atoms in total. The SMILES string of the molecule is CC(C(=O)O)C1CN(C(=O)CN2CCCC2=O)C1. The van der Waals surface area contributed by atoms with Gasteiger partial charge in [-0.3, -0.25) is 14.4 Å². The van der Waals surface area contributed by atoms with Crippen molar-refractivity contribution in [1.29, 1.82) is 0 Å². The summed E-state index contributed by atoms with van der Waals surface area (Å²) in [4.78, 5) is 37.2. The maximum absolute atomic E-state index is 11.8. The molecule has 0 aromatic heterocycles. The van der Waals surface area contributed by atoms with Gasteiger partial charge in [0.05, 0.1) is 12.5 Å². The van der Waals surface area contributed by atoms with Gasteiger partial charge in [-0.25, -0.2) is 0 Å². The molecule has 0 aliphatic carbocycles. The van der Waals surface area contributed by atoms with E-state index < -0.39 is 11.9 Å². The minimum atomic E-state index is -0.818. The average Bonchev–Trinajstić information content (AvgIpc) is 2.62. The fraction of sp³-hybridized carbons (Fsp3) is 0.750.